The highest BCUT2D eigenvalue weighted by Crippen LogP contribution is 2.65. The zero-order chi connectivity index (χ0) is 44.4. The van der Waals surface area contributed by atoms with Crippen molar-refractivity contribution >= 4 is 38.6 Å². The summed E-state index contributed by atoms with van der Waals surface area (Å²) in [6, 6.07) is 88.8. The van der Waals surface area contributed by atoms with Crippen molar-refractivity contribution in [1.29, 1.82) is 0 Å². The van der Waals surface area contributed by atoms with Gasteiger partial charge >= 0.3 is 0 Å². The third kappa shape index (κ3) is 5.26. The van der Waals surface area contributed by atoms with Crippen LogP contribution in [0.3, 0.4) is 0 Å². The first kappa shape index (κ1) is 38.1. The Morgan fingerprint density at radius 1 is 0.299 bits per heavy atom. The second kappa shape index (κ2) is 14.1. The lowest BCUT2D eigenvalue weighted by Crippen LogP contribution is -2.26. The first-order chi connectivity index (χ1) is 33.0. The number of fused-ring (bicyclic) bond motifs is 16. The summed E-state index contributed by atoms with van der Waals surface area (Å²) in [7, 11) is 0. The Balaban J connectivity index is 0.931. The summed E-state index contributed by atoms with van der Waals surface area (Å²) < 4.78 is 0. The van der Waals surface area contributed by atoms with Crippen LogP contribution in [0.4, 0.5) is 17.1 Å². The second-order valence-electron chi connectivity index (χ2n) is 19.1. The molecule has 0 N–H and O–H groups in total. The molecule has 0 saturated heterocycles. The summed E-state index contributed by atoms with van der Waals surface area (Å²) in [6.45, 7) is 4.70. The van der Waals surface area contributed by atoms with E-state index in [-0.39, 0.29) is 5.41 Å². The molecule has 11 aromatic carbocycles. The molecular formula is C66H45N. The molecule has 1 atom stereocenters. The number of nitrogens with zero attached hydrogens (tertiary/aromatic N) is 1. The fourth-order valence-electron chi connectivity index (χ4n) is 12.6. The van der Waals surface area contributed by atoms with E-state index < -0.39 is 5.41 Å². The highest BCUT2D eigenvalue weighted by atomic mass is 15.1. The van der Waals surface area contributed by atoms with E-state index in [4.69, 9.17) is 0 Å². The van der Waals surface area contributed by atoms with Gasteiger partial charge in [-0.05, 0) is 147 Å². The quantitative estimate of drug-likeness (QED) is 0.167. The lowest BCUT2D eigenvalue weighted by molar-refractivity contribution is 0.660. The van der Waals surface area contributed by atoms with Crippen molar-refractivity contribution in [2.24, 2.45) is 0 Å². The van der Waals surface area contributed by atoms with Gasteiger partial charge in [0.25, 0.3) is 0 Å². The molecular weight excluding hydrogens is 807 g/mol. The van der Waals surface area contributed by atoms with Crippen molar-refractivity contribution in [2.45, 2.75) is 24.7 Å². The highest BCUT2D eigenvalue weighted by Gasteiger charge is 2.53. The zero-order valence-electron chi connectivity index (χ0n) is 37.5. The van der Waals surface area contributed by atoms with Crippen LogP contribution in [0.1, 0.15) is 47.2 Å². The van der Waals surface area contributed by atoms with E-state index in [0.717, 1.165) is 17.1 Å². The maximum atomic E-state index is 2.43. The van der Waals surface area contributed by atoms with Crippen LogP contribution >= 0.6 is 0 Å². The van der Waals surface area contributed by atoms with E-state index in [9.17, 15) is 0 Å². The first-order valence-corrected chi connectivity index (χ1v) is 23.6. The molecule has 0 amide bonds. The van der Waals surface area contributed by atoms with Gasteiger partial charge in [-0.3, -0.25) is 0 Å². The molecule has 0 bridgehead atoms. The Labute approximate surface area is 391 Å². The molecule has 0 aromatic heterocycles. The van der Waals surface area contributed by atoms with E-state index in [2.05, 4.69) is 255 Å². The first-order valence-electron chi connectivity index (χ1n) is 23.6. The van der Waals surface area contributed by atoms with E-state index in [1.807, 2.05) is 0 Å². The van der Waals surface area contributed by atoms with Gasteiger partial charge in [-0.1, -0.05) is 214 Å². The topological polar surface area (TPSA) is 3.24 Å². The van der Waals surface area contributed by atoms with Crippen LogP contribution in [0.15, 0.2) is 237 Å². The van der Waals surface area contributed by atoms with Crippen molar-refractivity contribution in [3.05, 3.63) is 270 Å². The smallest absolute Gasteiger partial charge is 0.0731 e. The van der Waals surface area contributed by atoms with Crippen molar-refractivity contribution in [2.75, 3.05) is 4.90 Å². The molecule has 0 fully saturated rings. The van der Waals surface area contributed by atoms with E-state index >= 15 is 0 Å². The summed E-state index contributed by atoms with van der Waals surface area (Å²) >= 11 is 0. The molecule has 0 heterocycles. The molecule has 1 unspecified atom stereocenters. The van der Waals surface area contributed by atoms with E-state index in [1.54, 1.807) is 0 Å². The Morgan fingerprint density at radius 2 is 0.821 bits per heavy atom. The monoisotopic (exact) mass is 851 g/mol. The van der Waals surface area contributed by atoms with Crippen LogP contribution in [0.25, 0.3) is 77.2 Å². The van der Waals surface area contributed by atoms with Crippen molar-refractivity contribution in [3.8, 4) is 55.6 Å². The molecule has 11 aromatic rings. The third-order valence-electron chi connectivity index (χ3n) is 15.5. The minimum atomic E-state index is -0.451. The van der Waals surface area contributed by atoms with Gasteiger partial charge in [0, 0.05) is 22.5 Å². The van der Waals surface area contributed by atoms with Crippen LogP contribution in [-0.4, -0.2) is 0 Å². The van der Waals surface area contributed by atoms with E-state index in [0.29, 0.717) is 0 Å². The molecule has 0 radical (unpaired) electrons. The second-order valence-corrected chi connectivity index (χ2v) is 19.1. The summed E-state index contributed by atoms with van der Waals surface area (Å²) in [5, 5.41) is 5.04. The average molecular weight is 852 g/mol. The predicted octanol–water partition coefficient (Wildman–Crippen LogP) is 17.4. The zero-order valence-corrected chi connectivity index (χ0v) is 37.5. The molecule has 314 valence electrons. The van der Waals surface area contributed by atoms with Gasteiger partial charge in [-0.2, -0.15) is 0 Å². The minimum absolute atomic E-state index is 0.0603. The molecule has 14 rings (SSSR count). The molecule has 67 heavy (non-hydrogen) atoms. The van der Waals surface area contributed by atoms with Gasteiger partial charge < -0.3 is 4.90 Å². The number of hydrogen-bond donors (Lipinski definition) is 0. The van der Waals surface area contributed by atoms with Crippen LogP contribution in [0, 0.1) is 0 Å². The summed E-state index contributed by atoms with van der Waals surface area (Å²) in [5.74, 6) is 0. The molecule has 3 aliphatic rings. The Morgan fingerprint density at radius 3 is 1.61 bits per heavy atom. The van der Waals surface area contributed by atoms with Gasteiger partial charge in [-0.15, -0.1) is 0 Å². The number of benzene rings is 11. The number of anilines is 3. The van der Waals surface area contributed by atoms with Gasteiger partial charge in [0.1, 0.15) is 0 Å². The standard InChI is InChI=1S/C66H45N/c1-65(2)58-26-12-9-23-53(58)57-41-48(37-39-59(57)65)67(47-36-30-42-16-3-4-18-45(42)40-47)46-34-31-44(32-35-46)49-19-7-8-21-51(49)54-25-15-29-62-63(54)56-24-11-14-28-61(56)66(62)60-27-13-10-22-52(60)55-38-33-43-17-5-6-20-50(43)64(55)66/h3-41H,1-2H3. The predicted molar refractivity (Wildman–Crippen MR) is 281 cm³/mol. The third-order valence-corrected chi connectivity index (χ3v) is 15.5. The van der Waals surface area contributed by atoms with Gasteiger partial charge in [-0.25, -0.2) is 0 Å². The summed E-state index contributed by atoms with van der Waals surface area (Å²) in [4.78, 5) is 2.43. The molecule has 0 saturated carbocycles. The van der Waals surface area contributed by atoms with E-state index in [1.165, 1.54) is 111 Å². The molecule has 0 aliphatic heterocycles. The normalized spacial score (nSPS) is 15.5. The molecule has 1 heteroatoms. The van der Waals surface area contributed by atoms with Gasteiger partial charge in [0.15, 0.2) is 0 Å². The van der Waals surface area contributed by atoms with Crippen molar-refractivity contribution in [3.63, 3.8) is 0 Å². The lowest BCUT2D eigenvalue weighted by atomic mass is 9.69. The Kier molecular flexibility index (Phi) is 8.02. The highest BCUT2D eigenvalue weighted by molar-refractivity contribution is 6.07. The van der Waals surface area contributed by atoms with Crippen LogP contribution < -0.4 is 4.90 Å². The lowest BCUT2D eigenvalue weighted by Gasteiger charge is -2.31. The van der Waals surface area contributed by atoms with Crippen LogP contribution in [-0.2, 0) is 10.8 Å². The maximum absolute atomic E-state index is 2.43. The maximum Gasteiger partial charge on any atom is 0.0731 e. The average Bonchev–Trinajstić information content (AvgIpc) is 3.95. The molecule has 1 nitrogen and oxygen atoms in total. The Bertz CT molecular complexity index is 3850. The molecule has 3 aliphatic carbocycles. The fraction of sp³-hybridized carbons (Fsp3) is 0.0606. The van der Waals surface area contributed by atoms with Gasteiger partial charge in [0.2, 0.25) is 0 Å². The molecule has 1 spiro atoms. The fourth-order valence-corrected chi connectivity index (χ4v) is 12.6. The number of hydrogen-bond acceptors (Lipinski definition) is 1. The minimum Gasteiger partial charge on any atom is -0.310 e. The largest absolute Gasteiger partial charge is 0.310 e. The van der Waals surface area contributed by atoms with Crippen molar-refractivity contribution < 1.29 is 0 Å². The SMILES string of the molecule is CC1(C)c2ccccc2-c2cc(N(c3ccc(-c4ccccc4-c4cccc5c4-c4ccccc4C54c5ccccc5-c5ccc6ccccc6c54)cc3)c3ccc4ccccc4c3)ccc21. The summed E-state index contributed by atoms with van der Waals surface area (Å²) in [6.07, 6.45) is 0. The van der Waals surface area contributed by atoms with Crippen molar-refractivity contribution in [1.82, 2.24) is 0 Å². The van der Waals surface area contributed by atoms with Crippen LogP contribution in [0.2, 0.25) is 0 Å². The summed E-state index contributed by atoms with van der Waals surface area (Å²) in [5.41, 5.74) is 23.9. The van der Waals surface area contributed by atoms with Gasteiger partial charge in [0.05, 0.1) is 5.41 Å². The number of rotatable bonds is 5. The Hall–Kier alpha value is -8.26. The van der Waals surface area contributed by atoms with Crippen LogP contribution in [0.5, 0.6) is 0 Å².